The van der Waals surface area contributed by atoms with Crippen molar-refractivity contribution in [2.75, 3.05) is 5.32 Å². The van der Waals surface area contributed by atoms with Crippen molar-refractivity contribution >= 4 is 22.4 Å². The maximum absolute atomic E-state index is 14.4. The highest BCUT2D eigenvalue weighted by molar-refractivity contribution is 7.14. The highest BCUT2D eigenvalue weighted by Crippen LogP contribution is 2.29. The van der Waals surface area contributed by atoms with E-state index in [1.54, 1.807) is 29.1 Å². The largest absolute Gasteiger partial charge is 0.298 e. The van der Waals surface area contributed by atoms with Gasteiger partial charge in [-0.2, -0.15) is 5.10 Å². The normalized spacial score (nSPS) is 11.2. The Bertz CT molecular complexity index is 1240. The molecule has 0 unspecified atom stereocenters. The average Bonchev–Trinajstić information content (AvgIpc) is 3.35. The molecule has 3 aromatic heterocycles. The van der Waals surface area contributed by atoms with Gasteiger partial charge in [-0.25, -0.2) is 9.37 Å². The number of hydrogen-bond acceptors (Lipinski definition) is 5. The van der Waals surface area contributed by atoms with Crippen LogP contribution >= 0.6 is 11.3 Å². The number of rotatable bonds is 5. The number of nitrogens with zero attached hydrogens (tertiary/aromatic N) is 4. The monoisotopic (exact) mass is 435 g/mol. The summed E-state index contributed by atoms with van der Waals surface area (Å²) >= 11 is 1.31. The fourth-order valence-electron chi connectivity index (χ4n) is 3.26. The lowest BCUT2D eigenvalue weighted by molar-refractivity contribution is 0.102. The molecule has 0 spiro atoms. The van der Waals surface area contributed by atoms with E-state index in [1.165, 1.54) is 17.4 Å². The van der Waals surface area contributed by atoms with Crippen LogP contribution < -0.4 is 5.32 Å². The smallest absolute Gasteiger partial charge is 0.261 e. The summed E-state index contributed by atoms with van der Waals surface area (Å²) in [6, 6.07) is 10.3. The van der Waals surface area contributed by atoms with Crippen LogP contribution in [0.2, 0.25) is 0 Å². The van der Waals surface area contributed by atoms with Crippen LogP contribution in [-0.4, -0.2) is 25.7 Å². The molecule has 0 fully saturated rings. The predicted octanol–water partition coefficient (Wildman–Crippen LogP) is 5.66. The number of hydrogen-bond donors (Lipinski definition) is 1. The van der Waals surface area contributed by atoms with Gasteiger partial charge in [-0.15, -0.1) is 11.3 Å². The molecule has 4 rings (SSSR count). The van der Waals surface area contributed by atoms with E-state index in [-0.39, 0.29) is 17.5 Å². The van der Waals surface area contributed by atoms with Gasteiger partial charge in [0.25, 0.3) is 5.91 Å². The van der Waals surface area contributed by atoms with E-state index in [0.29, 0.717) is 22.1 Å². The molecule has 3 heterocycles. The van der Waals surface area contributed by atoms with Crippen LogP contribution in [0.3, 0.4) is 0 Å². The van der Waals surface area contributed by atoms with Crippen LogP contribution in [-0.2, 0) is 0 Å². The van der Waals surface area contributed by atoms with Gasteiger partial charge in [0.05, 0.1) is 11.3 Å². The quantitative estimate of drug-likeness (QED) is 0.439. The molecule has 6 nitrogen and oxygen atoms in total. The SMILES string of the molecule is Cc1cc(C)nc(-c2csc(NC(=O)c3cn(C(C)C)nc3-c3ccccc3F)n2)c1. The maximum Gasteiger partial charge on any atom is 0.261 e. The van der Waals surface area contributed by atoms with E-state index in [0.717, 1.165) is 17.0 Å². The molecule has 0 bridgehead atoms. The summed E-state index contributed by atoms with van der Waals surface area (Å²) in [5.74, 6) is -0.817. The van der Waals surface area contributed by atoms with Crippen molar-refractivity contribution in [1.29, 1.82) is 0 Å². The third-order valence-electron chi connectivity index (χ3n) is 4.72. The zero-order valence-corrected chi connectivity index (χ0v) is 18.5. The third-order valence-corrected chi connectivity index (χ3v) is 5.48. The van der Waals surface area contributed by atoms with Crippen LogP contribution in [0, 0.1) is 19.7 Å². The molecular formula is C23H22FN5OS. The molecule has 1 N–H and O–H groups in total. The van der Waals surface area contributed by atoms with E-state index < -0.39 is 5.82 Å². The van der Waals surface area contributed by atoms with Crippen LogP contribution in [0.25, 0.3) is 22.6 Å². The molecule has 0 saturated heterocycles. The first kappa shape index (κ1) is 20.9. The lowest BCUT2D eigenvalue weighted by Crippen LogP contribution is -2.12. The zero-order valence-electron chi connectivity index (χ0n) is 17.7. The second-order valence-electron chi connectivity index (χ2n) is 7.61. The number of anilines is 1. The van der Waals surface area contributed by atoms with Gasteiger partial charge >= 0.3 is 0 Å². The zero-order chi connectivity index (χ0) is 22.1. The second-order valence-corrected chi connectivity index (χ2v) is 8.47. The minimum absolute atomic E-state index is 0.0224. The van der Waals surface area contributed by atoms with Gasteiger partial charge in [-0.3, -0.25) is 19.8 Å². The maximum atomic E-state index is 14.4. The molecule has 158 valence electrons. The van der Waals surface area contributed by atoms with Crippen molar-refractivity contribution in [2.45, 2.75) is 33.7 Å². The van der Waals surface area contributed by atoms with Gasteiger partial charge in [0.2, 0.25) is 0 Å². The van der Waals surface area contributed by atoms with E-state index in [9.17, 15) is 9.18 Å². The molecule has 0 atom stereocenters. The second kappa shape index (κ2) is 8.39. The predicted molar refractivity (Wildman–Crippen MR) is 121 cm³/mol. The number of aryl methyl sites for hydroxylation is 2. The molecular weight excluding hydrogens is 413 g/mol. The van der Waals surface area contributed by atoms with Crippen molar-refractivity contribution in [3.05, 3.63) is 70.6 Å². The molecule has 1 aromatic carbocycles. The van der Waals surface area contributed by atoms with E-state index in [2.05, 4.69) is 20.4 Å². The Kier molecular flexibility index (Phi) is 5.65. The molecule has 0 radical (unpaired) electrons. The molecule has 0 saturated carbocycles. The first-order chi connectivity index (χ1) is 14.8. The van der Waals surface area contributed by atoms with Crippen LogP contribution in [0.1, 0.15) is 41.5 Å². The van der Waals surface area contributed by atoms with Crippen LogP contribution in [0.4, 0.5) is 9.52 Å². The van der Waals surface area contributed by atoms with Crippen molar-refractivity contribution in [3.63, 3.8) is 0 Å². The number of thiazole rings is 1. The molecule has 1 amide bonds. The van der Waals surface area contributed by atoms with Crippen LogP contribution in [0.5, 0.6) is 0 Å². The van der Waals surface area contributed by atoms with Gasteiger partial charge in [0, 0.05) is 28.9 Å². The van der Waals surface area contributed by atoms with Gasteiger partial charge in [0.1, 0.15) is 17.2 Å². The van der Waals surface area contributed by atoms with Gasteiger partial charge < -0.3 is 0 Å². The number of aromatic nitrogens is 4. The van der Waals surface area contributed by atoms with Crippen molar-refractivity contribution in [1.82, 2.24) is 19.7 Å². The first-order valence-electron chi connectivity index (χ1n) is 9.88. The van der Waals surface area contributed by atoms with Crippen molar-refractivity contribution in [2.24, 2.45) is 0 Å². The Morgan fingerprint density at radius 1 is 1.13 bits per heavy atom. The van der Waals surface area contributed by atoms with E-state index >= 15 is 0 Å². The van der Waals surface area contributed by atoms with E-state index in [1.807, 2.05) is 45.2 Å². The molecule has 0 aliphatic carbocycles. The standard InChI is InChI=1S/C23H22FN5OS/c1-13(2)29-11-17(21(28-29)16-7-5-6-8-18(16)24)22(30)27-23-26-20(12-31-23)19-10-14(3)9-15(4)25-19/h5-13H,1-4H3,(H,26,27,30). The number of nitrogens with one attached hydrogen (secondary N) is 1. The minimum atomic E-state index is -0.428. The fourth-order valence-corrected chi connectivity index (χ4v) is 3.96. The highest BCUT2D eigenvalue weighted by atomic mass is 32.1. The Morgan fingerprint density at radius 2 is 1.90 bits per heavy atom. The van der Waals surface area contributed by atoms with E-state index in [4.69, 9.17) is 0 Å². The topological polar surface area (TPSA) is 72.7 Å². The Morgan fingerprint density at radius 3 is 2.61 bits per heavy atom. The number of pyridine rings is 1. The Balaban J connectivity index is 1.65. The number of halogens is 1. The number of carbonyl (C=O) groups is 1. The van der Waals surface area contributed by atoms with Crippen molar-refractivity contribution < 1.29 is 9.18 Å². The molecule has 8 heteroatoms. The lowest BCUT2D eigenvalue weighted by atomic mass is 10.1. The summed E-state index contributed by atoms with van der Waals surface area (Å²) < 4.78 is 16.1. The van der Waals surface area contributed by atoms with Gasteiger partial charge in [0.15, 0.2) is 5.13 Å². The van der Waals surface area contributed by atoms with Crippen LogP contribution in [0.15, 0.2) is 48.0 Å². The number of amides is 1. The fraction of sp³-hybridized carbons (Fsp3) is 0.217. The van der Waals surface area contributed by atoms with Crippen molar-refractivity contribution in [3.8, 4) is 22.6 Å². The lowest BCUT2D eigenvalue weighted by Gasteiger charge is -2.04. The molecule has 0 aliphatic rings. The Hall–Kier alpha value is -3.39. The Labute approximate surface area is 183 Å². The minimum Gasteiger partial charge on any atom is -0.298 e. The summed E-state index contributed by atoms with van der Waals surface area (Å²) in [5, 5.41) is 9.58. The highest BCUT2D eigenvalue weighted by Gasteiger charge is 2.22. The summed E-state index contributed by atoms with van der Waals surface area (Å²) in [6.07, 6.45) is 1.64. The van der Waals surface area contributed by atoms with Gasteiger partial charge in [-0.05, 0) is 57.5 Å². The summed E-state index contributed by atoms with van der Waals surface area (Å²) in [5.41, 5.74) is 4.33. The summed E-state index contributed by atoms with van der Waals surface area (Å²) in [4.78, 5) is 22.1. The molecule has 31 heavy (non-hydrogen) atoms. The molecule has 0 aliphatic heterocycles. The van der Waals surface area contributed by atoms with Gasteiger partial charge in [-0.1, -0.05) is 12.1 Å². The third kappa shape index (κ3) is 4.39. The number of carbonyl (C=O) groups excluding carboxylic acids is 1. The first-order valence-corrected chi connectivity index (χ1v) is 10.8. The molecule has 4 aromatic rings. The summed E-state index contributed by atoms with van der Waals surface area (Å²) in [7, 11) is 0. The summed E-state index contributed by atoms with van der Waals surface area (Å²) in [6.45, 7) is 7.83. The average molecular weight is 436 g/mol. The number of benzene rings is 1.